The van der Waals surface area contributed by atoms with Crippen molar-refractivity contribution in [1.29, 1.82) is 0 Å². The van der Waals surface area contributed by atoms with Crippen LogP contribution in [0.15, 0.2) is 24.3 Å². The number of benzene rings is 1. The molecule has 1 aromatic carbocycles. The molecular formula is C12H17ClO4S. The van der Waals surface area contributed by atoms with Gasteiger partial charge in [0.2, 0.25) is 9.05 Å². The molecule has 0 heterocycles. The fourth-order valence-electron chi connectivity index (χ4n) is 1.40. The van der Waals surface area contributed by atoms with Crippen LogP contribution in [-0.4, -0.2) is 27.4 Å². The zero-order valence-electron chi connectivity index (χ0n) is 10.3. The lowest BCUT2D eigenvalue weighted by Crippen LogP contribution is -2.03. The van der Waals surface area contributed by atoms with E-state index in [1.54, 1.807) is 0 Å². The zero-order valence-corrected chi connectivity index (χ0v) is 11.8. The first kappa shape index (κ1) is 15.1. The van der Waals surface area contributed by atoms with E-state index in [4.69, 9.17) is 20.2 Å². The lowest BCUT2D eigenvalue weighted by Gasteiger charge is -2.11. The van der Waals surface area contributed by atoms with Gasteiger partial charge in [0.1, 0.15) is 0 Å². The van der Waals surface area contributed by atoms with Gasteiger partial charge in [0.15, 0.2) is 11.5 Å². The van der Waals surface area contributed by atoms with Crippen LogP contribution in [0.1, 0.15) is 19.8 Å². The predicted molar refractivity (Wildman–Crippen MR) is 72.0 cm³/mol. The Kier molecular flexibility index (Phi) is 6.29. The molecule has 0 aromatic heterocycles. The Bertz CT molecular complexity index is 459. The number of halogens is 1. The minimum atomic E-state index is -3.39. The van der Waals surface area contributed by atoms with Gasteiger partial charge in [0, 0.05) is 10.7 Å². The molecule has 0 radical (unpaired) electrons. The third-order valence-electron chi connectivity index (χ3n) is 2.19. The number of hydrogen-bond donors (Lipinski definition) is 0. The number of hydrogen-bond acceptors (Lipinski definition) is 4. The lowest BCUT2D eigenvalue weighted by molar-refractivity contribution is 0.273. The standard InChI is InChI=1S/C12H17ClO4S/c1-2-16-11-7-3-4-8-12(11)17-9-5-6-10-18(13,14)15/h3-4,7-8H,2,5-6,9-10H2,1H3. The average molecular weight is 293 g/mol. The maximum absolute atomic E-state index is 10.7. The Morgan fingerprint density at radius 1 is 1.11 bits per heavy atom. The topological polar surface area (TPSA) is 52.6 Å². The van der Waals surface area contributed by atoms with Gasteiger partial charge in [-0.2, -0.15) is 0 Å². The summed E-state index contributed by atoms with van der Waals surface area (Å²) >= 11 is 0. The van der Waals surface area contributed by atoms with Crippen LogP contribution in [0.2, 0.25) is 0 Å². The van der Waals surface area contributed by atoms with Crippen molar-refractivity contribution in [3.63, 3.8) is 0 Å². The van der Waals surface area contributed by atoms with E-state index in [2.05, 4.69) is 0 Å². The fraction of sp³-hybridized carbons (Fsp3) is 0.500. The van der Waals surface area contributed by atoms with Crippen molar-refractivity contribution in [1.82, 2.24) is 0 Å². The van der Waals surface area contributed by atoms with Gasteiger partial charge in [-0.1, -0.05) is 12.1 Å². The highest BCUT2D eigenvalue weighted by molar-refractivity contribution is 8.13. The van der Waals surface area contributed by atoms with Crippen molar-refractivity contribution in [2.75, 3.05) is 19.0 Å². The van der Waals surface area contributed by atoms with Crippen LogP contribution in [0.3, 0.4) is 0 Å². The first-order chi connectivity index (χ1) is 8.53. The van der Waals surface area contributed by atoms with E-state index in [-0.39, 0.29) is 5.75 Å². The number of para-hydroxylation sites is 2. The van der Waals surface area contributed by atoms with E-state index < -0.39 is 9.05 Å². The molecule has 4 nitrogen and oxygen atoms in total. The van der Waals surface area contributed by atoms with E-state index in [9.17, 15) is 8.42 Å². The Hall–Kier alpha value is -0.940. The average Bonchev–Trinajstić information content (AvgIpc) is 2.29. The molecule has 0 saturated heterocycles. The molecule has 0 spiro atoms. The summed E-state index contributed by atoms with van der Waals surface area (Å²) in [6.07, 6.45) is 1.12. The van der Waals surface area contributed by atoms with E-state index in [0.29, 0.717) is 37.6 Å². The Morgan fingerprint density at radius 2 is 1.72 bits per heavy atom. The minimum Gasteiger partial charge on any atom is -0.490 e. The Balaban J connectivity index is 2.35. The highest BCUT2D eigenvalue weighted by atomic mass is 35.7. The monoisotopic (exact) mass is 292 g/mol. The molecule has 0 saturated carbocycles. The van der Waals surface area contributed by atoms with Crippen LogP contribution >= 0.6 is 10.7 Å². The summed E-state index contributed by atoms with van der Waals surface area (Å²) in [6, 6.07) is 7.39. The van der Waals surface area contributed by atoms with Gasteiger partial charge in [-0.3, -0.25) is 0 Å². The molecule has 0 aliphatic carbocycles. The molecule has 0 atom stereocenters. The van der Waals surface area contributed by atoms with E-state index >= 15 is 0 Å². The zero-order chi connectivity index (χ0) is 13.4. The highest BCUT2D eigenvalue weighted by Gasteiger charge is 2.06. The lowest BCUT2D eigenvalue weighted by atomic mass is 10.3. The van der Waals surface area contributed by atoms with E-state index in [0.717, 1.165) is 0 Å². The third-order valence-corrected chi connectivity index (χ3v) is 3.43. The van der Waals surface area contributed by atoms with Crippen LogP contribution < -0.4 is 9.47 Å². The molecule has 0 amide bonds. The van der Waals surface area contributed by atoms with Gasteiger partial charge in [-0.15, -0.1) is 0 Å². The van der Waals surface area contributed by atoms with Gasteiger partial charge in [0.05, 0.1) is 19.0 Å². The van der Waals surface area contributed by atoms with Crippen molar-refractivity contribution < 1.29 is 17.9 Å². The van der Waals surface area contributed by atoms with Crippen LogP contribution in [-0.2, 0) is 9.05 Å². The molecule has 102 valence electrons. The van der Waals surface area contributed by atoms with Crippen molar-refractivity contribution in [3.05, 3.63) is 24.3 Å². The van der Waals surface area contributed by atoms with Gasteiger partial charge in [0.25, 0.3) is 0 Å². The SMILES string of the molecule is CCOc1ccccc1OCCCCS(=O)(=O)Cl. The van der Waals surface area contributed by atoms with E-state index in [1.165, 1.54) is 0 Å². The second kappa shape index (κ2) is 7.48. The minimum absolute atomic E-state index is 0.0228. The quantitative estimate of drug-likeness (QED) is 0.546. The molecule has 1 rings (SSSR count). The van der Waals surface area contributed by atoms with Crippen LogP contribution in [0.4, 0.5) is 0 Å². The maximum atomic E-state index is 10.7. The summed E-state index contributed by atoms with van der Waals surface area (Å²) in [5, 5.41) is 0. The normalized spacial score (nSPS) is 11.2. The smallest absolute Gasteiger partial charge is 0.232 e. The molecule has 0 bridgehead atoms. The first-order valence-corrected chi connectivity index (χ1v) is 8.27. The number of ether oxygens (including phenoxy) is 2. The predicted octanol–water partition coefficient (Wildman–Crippen LogP) is 2.81. The second-order valence-electron chi connectivity index (χ2n) is 3.68. The van der Waals surface area contributed by atoms with E-state index in [1.807, 2.05) is 31.2 Å². The van der Waals surface area contributed by atoms with Crippen LogP contribution in [0, 0.1) is 0 Å². The summed E-state index contributed by atoms with van der Waals surface area (Å²) in [7, 11) is 1.71. The molecule has 0 unspecified atom stereocenters. The van der Waals surface area contributed by atoms with Crippen molar-refractivity contribution in [2.24, 2.45) is 0 Å². The summed E-state index contributed by atoms with van der Waals surface area (Å²) in [4.78, 5) is 0. The fourth-order valence-corrected chi connectivity index (χ4v) is 2.28. The van der Waals surface area contributed by atoms with Crippen molar-refractivity contribution >= 4 is 19.7 Å². The van der Waals surface area contributed by atoms with Crippen LogP contribution in [0.25, 0.3) is 0 Å². The molecule has 0 N–H and O–H groups in total. The van der Waals surface area contributed by atoms with Crippen molar-refractivity contribution in [3.8, 4) is 11.5 Å². The summed E-state index contributed by atoms with van der Waals surface area (Å²) in [6.45, 7) is 2.92. The van der Waals surface area contributed by atoms with Gasteiger partial charge < -0.3 is 9.47 Å². The molecule has 18 heavy (non-hydrogen) atoms. The van der Waals surface area contributed by atoms with Gasteiger partial charge >= 0.3 is 0 Å². The molecule has 1 aromatic rings. The number of unbranched alkanes of at least 4 members (excludes halogenated alkanes) is 1. The molecular weight excluding hydrogens is 276 g/mol. The van der Waals surface area contributed by atoms with Gasteiger partial charge in [-0.25, -0.2) is 8.42 Å². The maximum Gasteiger partial charge on any atom is 0.232 e. The molecule has 0 aliphatic heterocycles. The summed E-state index contributed by atoms with van der Waals surface area (Å²) < 4.78 is 32.4. The Morgan fingerprint density at radius 3 is 2.28 bits per heavy atom. The van der Waals surface area contributed by atoms with Crippen LogP contribution in [0.5, 0.6) is 11.5 Å². The molecule has 6 heteroatoms. The summed E-state index contributed by atoms with van der Waals surface area (Å²) in [5.74, 6) is 1.35. The van der Waals surface area contributed by atoms with Crippen molar-refractivity contribution in [2.45, 2.75) is 19.8 Å². The summed E-state index contributed by atoms with van der Waals surface area (Å²) in [5.41, 5.74) is 0. The first-order valence-electron chi connectivity index (χ1n) is 5.80. The Labute approximate surface area is 112 Å². The van der Waals surface area contributed by atoms with Gasteiger partial charge in [-0.05, 0) is 31.9 Å². The second-order valence-corrected chi connectivity index (χ2v) is 6.57. The largest absolute Gasteiger partial charge is 0.490 e. The highest BCUT2D eigenvalue weighted by Crippen LogP contribution is 2.26. The molecule has 0 aliphatic rings. The third kappa shape index (κ3) is 6.12. The number of rotatable bonds is 8. The molecule has 0 fully saturated rings.